The molecule has 0 fully saturated rings. The first-order chi connectivity index (χ1) is 18.9. The van der Waals surface area contributed by atoms with Crippen molar-refractivity contribution < 1.29 is 9.90 Å². The molecule has 0 saturated heterocycles. The number of aliphatic hydroxyl groups is 1. The van der Waals surface area contributed by atoms with Gasteiger partial charge >= 0.3 is 0 Å². The Balaban J connectivity index is 1.86. The van der Waals surface area contributed by atoms with Crippen LogP contribution in [0.3, 0.4) is 0 Å². The molecule has 0 aliphatic carbocycles. The zero-order chi connectivity index (χ0) is 28.1. The summed E-state index contributed by atoms with van der Waals surface area (Å²) in [5.74, 6) is 0.954. The van der Waals surface area contributed by atoms with Crippen molar-refractivity contribution in [3.63, 3.8) is 0 Å². The summed E-state index contributed by atoms with van der Waals surface area (Å²) in [4.78, 5) is 22.0. The summed E-state index contributed by atoms with van der Waals surface area (Å²) in [7, 11) is 0. The molecule has 1 N–H and O–H groups in total. The molecule has 0 spiro atoms. The number of unbranched alkanes of at least 4 members (excludes halogenated alkanes) is 2. The molecule has 1 amide bonds. The SMILES string of the molecule is CCCCC(CC)CN1C(=O)C2=C(c3ccc(S)s3)N(CC(CC)CCCC)[C@H](O)C2=C1c1ccc(CC)s1. The van der Waals surface area contributed by atoms with Gasteiger partial charge in [0.05, 0.1) is 30.9 Å². The van der Waals surface area contributed by atoms with Crippen molar-refractivity contribution >= 4 is 52.6 Å². The third-order valence-corrected chi connectivity index (χ3v) is 10.9. The van der Waals surface area contributed by atoms with Gasteiger partial charge in [0.25, 0.3) is 5.91 Å². The molecule has 4 rings (SSSR count). The van der Waals surface area contributed by atoms with Gasteiger partial charge in [-0.15, -0.1) is 35.3 Å². The number of nitrogens with zero attached hydrogens (tertiary/aromatic N) is 2. The summed E-state index contributed by atoms with van der Waals surface area (Å²) in [5.41, 5.74) is 3.35. The fourth-order valence-electron chi connectivity index (χ4n) is 5.93. The Labute approximate surface area is 249 Å². The average Bonchev–Trinajstić information content (AvgIpc) is 3.70. The van der Waals surface area contributed by atoms with Crippen LogP contribution in [0.4, 0.5) is 0 Å². The predicted molar refractivity (Wildman–Crippen MR) is 170 cm³/mol. The molecule has 2 aliphatic rings. The van der Waals surface area contributed by atoms with Crippen LogP contribution in [0.15, 0.2) is 39.6 Å². The number of carbonyl (C=O) groups excluding carboxylic acids is 1. The van der Waals surface area contributed by atoms with Crippen LogP contribution < -0.4 is 0 Å². The van der Waals surface area contributed by atoms with Crippen LogP contribution in [0.2, 0.25) is 0 Å². The van der Waals surface area contributed by atoms with E-state index in [1.807, 2.05) is 11.0 Å². The Kier molecular flexibility index (Phi) is 10.8. The van der Waals surface area contributed by atoms with Crippen molar-refractivity contribution in [2.45, 2.75) is 103 Å². The van der Waals surface area contributed by atoms with E-state index in [4.69, 9.17) is 0 Å². The van der Waals surface area contributed by atoms with Crippen molar-refractivity contribution in [2.24, 2.45) is 11.8 Å². The van der Waals surface area contributed by atoms with Crippen molar-refractivity contribution in [1.82, 2.24) is 9.80 Å². The molecule has 0 bridgehead atoms. The predicted octanol–water partition coefficient (Wildman–Crippen LogP) is 8.69. The van der Waals surface area contributed by atoms with Crippen LogP contribution in [0, 0.1) is 11.8 Å². The van der Waals surface area contributed by atoms with Crippen molar-refractivity contribution in [3.8, 4) is 0 Å². The molecule has 4 heterocycles. The number of amides is 1. The lowest BCUT2D eigenvalue weighted by molar-refractivity contribution is -0.123. The van der Waals surface area contributed by atoms with Crippen LogP contribution >= 0.6 is 35.3 Å². The summed E-state index contributed by atoms with van der Waals surface area (Å²) < 4.78 is 0.918. The third-order valence-electron chi connectivity index (χ3n) is 8.38. The molecule has 3 atom stereocenters. The number of carbonyl (C=O) groups is 1. The van der Waals surface area contributed by atoms with Crippen molar-refractivity contribution in [2.75, 3.05) is 13.1 Å². The number of hydrogen-bond acceptors (Lipinski definition) is 6. The van der Waals surface area contributed by atoms with E-state index >= 15 is 0 Å². The summed E-state index contributed by atoms with van der Waals surface area (Å²) in [5, 5.41) is 12.1. The third kappa shape index (κ3) is 6.37. The second kappa shape index (κ2) is 13.9. The maximum Gasteiger partial charge on any atom is 0.261 e. The molecule has 4 nitrogen and oxygen atoms in total. The molecule has 2 aliphatic heterocycles. The highest BCUT2D eigenvalue weighted by molar-refractivity contribution is 7.82. The zero-order valence-electron chi connectivity index (χ0n) is 24.3. The lowest BCUT2D eigenvalue weighted by Gasteiger charge is -2.32. The van der Waals surface area contributed by atoms with Gasteiger partial charge in [-0.1, -0.05) is 73.1 Å². The number of rotatable bonds is 15. The van der Waals surface area contributed by atoms with Gasteiger partial charge in [0.2, 0.25) is 0 Å². The first-order valence-corrected chi connectivity index (χ1v) is 17.1. The van der Waals surface area contributed by atoms with Crippen molar-refractivity contribution in [3.05, 3.63) is 50.0 Å². The summed E-state index contributed by atoms with van der Waals surface area (Å²) in [6, 6.07) is 8.40. The first-order valence-electron chi connectivity index (χ1n) is 15.0. The maximum absolute atomic E-state index is 14.5. The average molecular weight is 587 g/mol. The van der Waals surface area contributed by atoms with Crippen LogP contribution in [0.25, 0.3) is 11.4 Å². The minimum Gasteiger partial charge on any atom is -0.369 e. The van der Waals surface area contributed by atoms with Crippen LogP contribution in [-0.4, -0.2) is 40.1 Å². The topological polar surface area (TPSA) is 43.8 Å². The number of fused-ring (bicyclic) bond motifs is 1. The van der Waals surface area contributed by atoms with E-state index < -0.39 is 6.23 Å². The smallest absolute Gasteiger partial charge is 0.261 e. The number of thiophene rings is 2. The van der Waals surface area contributed by atoms with E-state index in [1.54, 1.807) is 22.7 Å². The van der Waals surface area contributed by atoms with Gasteiger partial charge in [0.15, 0.2) is 6.23 Å². The van der Waals surface area contributed by atoms with Gasteiger partial charge in [-0.2, -0.15) is 0 Å². The zero-order valence-corrected chi connectivity index (χ0v) is 26.9. The van der Waals surface area contributed by atoms with Crippen LogP contribution in [-0.2, 0) is 11.2 Å². The standard InChI is InChI=1S/C32H46N2O2S3/c1-6-11-13-21(8-3)19-33-29(24-16-15-23(10-5)38-24)27-28(32(33)36)30(25-17-18-26(37)39-25)34(31(27)35)20-22(9-4)14-12-7-2/h15-18,21-22,31,35,37H,6-14,19-20H2,1-5H3/t21?,22?,31-/m1/s1. The van der Waals surface area contributed by atoms with Gasteiger partial charge in [0.1, 0.15) is 0 Å². The molecule has 0 radical (unpaired) electrons. The highest BCUT2D eigenvalue weighted by Gasteiger charge is 2.49. The lowest BCUT2D eigenvalue weighted by Crippen LogP contribution is -2.36. The largest absolute Gasteiger partial charge is 0.369 e. The van der Waals surface area contributed by atoms with Crippen LogP contribution in [0.1, 0.15) is 101 Å². The normalized spacial score (nSPS) is 19.1. The quantitative estimate of drug-likeness (QED) is 0.205. The molecule has 2 aromatic rings. The van der Waals surface area contributed by atoms with E-state index in [9.17, 15) is 9.90 Å². The van der Waals surface area contributed by atoms with Gasteiger partial charge < -0.3 is 14.9 Å². The van der Waals surface area contributed by atoms with E-state index in [-0.39, 0.29) is 5.91 Å². The first kappa shape index (κ1) is 30.4. The van der Waals surface area contributed by atoms with Crippen molar-refractivity contribution in [1.29, 1.82) is 0 Å². The molecule has 39 heavy (non-hydrogen) atoms. The second-order valence-corrected chi connectivity index (χ2v) is 14.1. The lowest BCUT2D eigenvalue weighted by atomic mass is 9.98. The Morgan fingerprint density at radius 3 is 2.03 bits per heavy atom. The monoisotopic (exact) mass is 586 g/mol. The van der Waals surface area contributed by atoms with E-state index in [2.05, 4.69) is 70.3 Å². The van der Waals surface area contributed by atoms with Gasteiger partial charge in [-0.25, -0.2) is 0 Å². The number of hydrogen-bond donors (Lipinski definition) is 2. The van der Waals surface area contributed by atoms with E-state index in [0.29, 0.717) is 24.0 Å². The summed E-state index contributed by atoms with van der Waals surface area (Å²) in [6.45, 7) is 12.6. The van der Waals surface area contributed by atoms with Crippen LogP contribution in [0.5, 0.6) is 0 Å². The van der Waals surface area contributed by atoms with E-state index in [1.165, 1.54) is 24.1 Å². The second-order valence-electron chi connectivity index (χ2n) is 11.0. The number of aryl methyl sites for hydroxylation is 1. The molecule has 214 valence electrons. The molecule has 2 aromatic heterocycles. The molecule has 0 saturated carbocycles. The Morgan fingerprint density at radius 1 is 0.872 bits per heavy atom. The summed E-state index contributed by atoms with van der Waals surface area (Å²) >= 11 is 7.96. The fourth-order valence-corrected chi connectivity index (χ4v) is 8.13. The van der Waals surface area contributed by atoms with E-state index in [0.717, 1.165) is 76.0 Å². The van der Waals surface area contributed by atoms with Gasteiger partial charge in [-0.05, 0) is 55.4 Å². The number of thiol groups is 1. The Morgan fingerprint density at radius 2 is 1.49 bits per heavy atom. The molecular formula is C32H46N2O2S3. The fraction of sp³-hybridized carbons (Fsp3) is 0.594. The molecule has 7 heteroatoms. The maximum atomic E-state index is 14.5. The molecule has 2 unspecified atom stereocenters. The highest BCUT2D eigenvalue weighted by Crippen LogP contribution is 2.51. The van der Waals surface area contributed by atoms with Gasteiger partial charge in [-0.3, -0.25) is 4.79 Å². The summed E-state index contributed by atoms with van der Waals surface area (Å²) in [6.07, 6.45) is 9.16. The minimum atomic E-state index is -0.831. The highest BCUT2D eigenvalue weighted by atomic mass is 32.2. The number of aliphatic hydroxyl groups excluding tert-OH is 1. The Bertz CT molecular complexity index is 1190. The molecular weight excluding hydrogens is 541 g/mol. The minimum absolute atomic E-state index is 0.0497. The van der Waals surface area contributed by atoms with Gasteiger partial charge in [0, 0.05) is 23.5 Å². The Hall–Kier alpha value is -1.54. The molecule has 0 aromatic carbocycles.